The van der Waals surface area contributed by atoms with E-state index in [1.807, 2.05) is 18.2 Å². The predicted octanol–water partition coefficient (Wildman–Crippen LogP) is 2.75. The molecular weight excluding hydrogens is 458 g/mol. The van der Waals surface area contributed by atoms with E-state index in [1.165, 1.54) is 6.20 Å². The minimum absolute atomic E-state index is 0.000554. The van der Waals surface area contributed by atoms with E-state index in [-0.39, 0.29) is 11.9 Å². The van der Waals surface area contributed by atoms with Crippen LogP contribution in [-0.4, -0.2) is 64.8 Å². The third-order valence-electron chi connectivity index (χ3n) is 8.43. The monoisotopic (exact) mass is 491 g/mol. The Morgan fingerprint density at radius 3 is 2.42 bits per heavy atom. The lowest BCUT2D eigenvalue weighted by molar-refractivity contribution is -0.129. The number of carbonyl (C=O) groups is 2. The van der Waals surface area contributed by atoms with Gasteiger partial charge in [-0.25, -0.2) is 4.98 Å². The molecule has 2 aromatic rings. The molecule has 0 radical (unpaired) electrons. The lowest BCUT2D eigenvalue weighted by Crippen LogP contribution is -2.59. The number of pyridine rings is 1. The van der Waals surface area contributed by atoms with Crippen molar-refractivity contribution < 1.29 is 19.4 Å². The van der Waals surface area contributed by atoms with Gasteiger partial charge in [-0.3, -0.25) is 9.59 Å². The van der Waals surface area contributed by atoms with E-state index in [0.717, 1.165) is 37.8 Å². The molecule has 5 N–H and O–H groups in total. The van der Waals surface area contributed by atoms with Crippen LogP contribution < -0.4 is 16.4 Å². The van der Waals surface area contributed by atoms with Gasteiger partial charge in [0.05, 0.1) is 30.1 Å². The van der Waals surface area contributed by atoms with Crippen molar-refractivity contribution in [3.8, 4) is 0 Å². The van der Waals surface area contributed by atoms with Gasteiger partial charge >= 0.3 is 0 Å². The quantitative estimate of drug-likeness (QED) is 0.489. The first-order valence-electron chi connectivity index (χ1n) is 12.9. The minimum Gasteiger partial charge on any atom is -0.390 e. The Balaban J connectivity index is 1.18. The van der Waals surface area contributed by atoms with Gasteiger partial charge in [0, 0.05) is 42.6 Å². The van der Waals surface area contributed by atoms with Crippen molar-refractivity contribution in [3.05, 3.63) is 47.7 Å². The molecule has 4 bridgehead atoms. The van der Waals surface area contributed by atoms with Gasteiger partial charge in [0.15, 0.2) is 0 Å². The number of nitrogens with two attached hydrogens (primary N) is 1. The number of carbonyl (C=O) groups excluding carboxylic acids is 2. The zero-order valence-corrected chi connectivity index (χ0v) is 20.3. The second-order valence-electron chi connectivity index (χ2n) is 11.0. The number of primary amides is 1. The Hall–Kier alpha value is -3.17. The maximum absolute atomic E-state index is 12.7. The Labute approximate surface area is 210 Å². The number of hydrogen-bond acceptors (Lipinski definition) is 7. The number of anilines is 3. The smallest absolute Gasteiger partial charge is 0.254 e. The van der Waals surface area contributed by atoms with Gasteiger partial charge in [0.1, 0.15) is 5.82 Å². The van der Waals surface area contributed by atoms with E-state index in [4.69, 9.17) is 10.5 Å². The van der Waals surface area contributed by atoms with Crippen molar-refractivity contribution in [1.82, 2.24) is 9.88 Å². The maximum Gasteiger partial charge on any atom is 0.254 e. The van der Waals surface area contributed by atoms with Crippen LogP contribution >= 0.6 is 0 Å². The minimum atomic E-state index is -0.523. The van der Waals surface area contributed by atoms with Crippen molar-refractivity contribution in [3.63, 3.8) is 0 Å². The summed E-state index contributed by atoms with van der Waals surface area (Å²) in [7, 11) is 0. The normalized spacial score (nSPS) is 30.8. The molecule has 2 amide bonds. The first-order valence-corrected chi connectivity index (χ1v) is 12.9. The molecule has 1 unspecified atom stereocenters. The van der Waals surface area contributed by atoms with Gasteiger partial charge in [0.2, 0.25) is 0 Å². The SMILES string of the molecule is NC(=O)c1cnc(Nc2ccc(C(=O)N3CCOCC3)cc2)cc1N[C@@H]1[C@@H]2CC3C[C@H]1C[C@@](O)(C3)C2. The van der Waals surface area contributed by atoms with Crippen molar-refractivity contribution in [2.45, 2.75) is 43.7 Å². The molecule has 5 atom stereocenters. The standard InChI is InChI=1S/C27H33N5O4/c28-25(33)21-15-29-23(30-20-3-1-17(2-4-20)26(34)32-5-7-36-8-6-32)11-22(21)31-24-18-9-16-10-19(24)14-27(35,12-16)13-18/h1-4,11,15-16,18-19,24,35H,5-10,12-14H2,(H2,28,33)(H2,29,30,31)/t16?,18-,19+,24-,27-. The maximum atomic E-state index is 12.7. The number of benzene rings is 1. The van der Waals surface area contributed by atoms with E-state index in [1.54, 1.807) is 17.0 Å². The van der Waals surface area contributed by atoms with Gasteiger partial charge < -0.3 is 31.1 Å². The lowest BCUT2D eigenvalue weighted by atomic mass is 9.52. The van der Waals surface area contributed by atoms with Crippen LogP contribution in [0.25, 0.3) is 0 Å². The zero-order chi connectivity index (χ0) is 24.9. The zero-order valence-electron chi connectivity index (χ0n) is 20.3. The molecule has 190 valence electrons. The molecule has 4 aliphatic carbocycles. The average molecular weight is 492 g/mol. The van der Waals surface area contributed by atoms with Crippen molar-refractivity contribution in [2.75, 3.05) is 36.9 Å². The molecule has 1 aromatic carbocycles. The molecule has 0 spiro atoms. The predicted molar refractivity (Wildman–Crippen MR) is 135 cm³/mol. The third kappa shape index (κ3) is 4.41. The largest absolute Gasteiger partial charge is 0.390 e. The fourth-order valence-corrected chi connectivity index (χ4v) is 7.03. The number of aliphatic hydroxyl groups is 1. The Bertz CT molecular complexity index is 1150. The molecule has 5 aliphatic rings. The molecule has 7 rings (SSSR count). The van der Waals surface area contributed by atoms with E-state index in [2.05, 4.69) is 15.6 Å². The number of morpholine rings is 1. The van der Waals surface area contributed by atoms with Gasteiger partial charge in [-0.1, -0.05) is 0 Å². The van der Waals surface area contributed by atoms with Crippen LogP contribution in [0.3, 0.4) is 0 Å². The van der Waals surface area contributed by atoms with Crippen LogP contribution in [0.5, 0.6) is 0 Å². The van der Waals surface area contributed by atoms with Crippen LogP contribution in [0.1, 0.15) is 52.8 Å². The van der Waals surface area contributed by atoms with Gasteiger partial charge in [-0.2, -0.15) is 0 Å². The number of nitrogens with one attached hydrogen (secondary N) is 2. The number of ether oxygens (including phenoxy) is 1. The molecule has 1 aliphatic heterocycles. The van der Waals surface area contributed by atoms with Crippen molar-refractivity contribution in [1.29, 1.82) is 0 Å². The summed E-state index contributed by atoms with van der Waals surface area (Å²) in [6, 6.07) is 9.34. The van der Waals surface area contributed by atoms with Crippen LogP contribution in [-0.2, 0) is 4.74 Å². The summed E-state index contributed by atoms with van der Waals surface area (Å²) in [4.78, 5) is 31.1. The molecule has 36 heavy (non-hydrogen) atoms. The summed E-state index contributed by atoms with van der Waals surface area (Å²) < 4.78 is 5.33. The summed E-state index contributed by atoms with van der Waals surface area (Å²) in [6.45, 7) is 2.35. The molecule has 9 heteroatoms. The van der Waals surface area contributed by atoms with Crippen LogP contribution in [0.4, 0.5) is 17.2 Å². The van der Waals surface area contributed by atoms with Gasteiger partial charge in [-0.15, -0.1) is 0 Å². The summed E-state index contributed by atoms with van der Waals surface area (Å²) >= 11 is 0. The highest BCUT2D eigenvalue weighted by molar-refractivity contribution is 5.99. The Morgan fingerprint density at radius 2 is 1.78 bits per heavy atom. The molecule has 1 saturated heterocycles. The summed E-state index contributed by atoms with van der Waals surface area (Å²) in [5, 5.41) is 17.8. The van der Waals surface area contributed by atoms with Gasteiger partial charge in [0.25, 0.3) is 11.8 Å². The second-order valence-corrected chi connectivity index (χ2v) is 11.0. The Morgan fingerprint density at radius 1 is 1.08 bits per heavy atom. The average Bonchev–Trinajstić information content (AvgIpc) is 2.86. The molecule has 2 heterocycles. The fraction of sp³-hybridized carbons (Fsp3) is 0.519. The molecular formula is C27H33N5O4. The number of rotatable bonds is 6. The molecule has 1 aromatic heterocycles. The first kappa shape index (κ1) is 23.2. The Kier molecular flexibility index (Phi) is 5.84. The summed E-state index contributed by atoms with van der Waals surface area (Å²) in [6.07, 6.45) is 6.30. The van der Waals surface area contributed by atoms with Gasteiger partial charge in [-0.05, 0) is 74.1 Å². The van der Waals surface area contributed by atoms with Crippen LogP contribution in [0, 0.1) is 17.8 Å². The van der Waals surface area contributed by atoms with E-state index in [9.17, 15) is 14.7 Å². The second kappa shape index (κ2) is 9.05. The summed E-state index contributed by atoms with van der Waals surface area (Å²) in [5.74, 6) is 1.45. The first-order chi connectivity index (χ1) is 17.4. The highest BCUT2D eigenvalue weighted by atomic mass is 16.5. The van der Waals surface area contributed by atoms with Crippen molar-refractivity contribution in [2.24, 2.45) is 23.5 Å². The van der Waals surface area contributed by atoms with Crippen molar-refractivity contribution >= 4 is 29.0 Å². The number of nitrogens with zero attached hydrogens (tertiary/aromatic N) is 2. The summed E-state index contributed by atoms with van der Waals surface area (Å²) in [5.41, 5.74) is 7.61. The lowest BCUT2D eigenvalue weighted by Gasteiger charge is -2.58. The highest BCUT2D eigenvalue weighted by Gasteiger charge is 2.54. The van der Waals surface area contributed by atoms with E-state index >= 15 is 0 Å². The van der Waals surface area contributed by atoms with E-state index in [0.29, 0.717) is 66.7 Å². The number of hydrogen-bond donors (Lipinski definition) is 4. The number of aromatic nitrogens is 1. The third-order valence-corrected chi connectivity index (χ3v) is 8.43. The van der Waals surface area contributed by atoms with E-state index < -0.39 is 11.5 Å². The topological polar surface area (TPSA) is 130 Å². The van der Waals surface area contributed by atoms with Crippen LogP contribution in [0.2, 0.25) is 0 Å². The molecule has 5 fully saturated rings. The number of amides is 2. The molecule has 9 nitrogen and oxygen atoms in total. The fourth-order valence-electron chi connectivity index (χ4n) is 7.03. The van der Waals surface area contributed by atoms with Crippen LogP contribution in [0.15, 0.2) is 36.5 Å². The molecule has 4 saturated carbocycles. The highest BCUT2D eigenvalue weighted by Crippen LogP contribution is 2.56.